The van der Waals surface area contributed by atoms with E-state index in [0.29, 0.717) is 17.3 Å². The number of benzene rings is 2. The van der Waals surface area contributed by atoms with Gasteiger partial charge in [-0.1, -0.05) is 5.21 Å². The molecular weight excluding hydrogens is 443 g/mol. The van der Waals surface area contributed by atoms with E-state index in [0.717, 1.165) is 12.1 Å². The van der Waals surface area contributed by atoms with Crippen LogP contribution in [0.4, 0.5) is 24.7 Å². The molecule has 0 atom stereocenters. The van der Waals surface area contributed by atoms with Crippen LogP contribution in [0.5, 0.6) is 11.5 Å². The normalized spacial score (nSPS) is 11.3. The summed E-state index contributed by atoms with van der Waals surface area (Å²) in [7, 11) is 1.24. The second-order valence-corrected chi connectivity index (χ2v) is 6.60. The van der Waals surface area contributed by atoms with Gasteiger partial charge in [0, 0.05) is 18.1 Å². The number of methoxy groups -OCH3 is 1. The maximum absolute atomic E-state index is 13.0. The maximum Gasteiger partial charge on any atom is 0.416 e. The van der Waals surface area contributed by atoms with Crippen molar-refractivity contribution in [2.75, 3.05) is 12.4 Å². The van der Waals surface area contributed by atoms with Crippen LogP contribution >= 0.6 is 0 Å². The molecule has 33 heavy (non-hydrogen) atoms. The number of aromatic nitrogens is 6. The molecular formula is C20H16F3N7O3. The van der Waals surface area contributed by atoms with Crippen LogP contribution in [-0.4, -0.2) is 37.3 Å². The van der Waals surface area contributed by atoms with Crippen molar-refractivity contribution in [3.8, 4) is 17.2 Å². The molecule has 0 radical (unpaired) electrons. The van der Waals surface area contributed by atoms with Crippen LogP contribution in [0.2, 0.25) is 0 Å². The molecule has 0 bridgehead atoms. The average molecular weight is 459 g/mol. The van der Waals surface area contributed by atoms with Crippen molar-refractivity contribution in [2.45, 2.75) is 12.8 Å². The summed E-state index contributed by atoms with van der Waals surface area (Å²) in [5.74, 6) is 0.745. The molecule has 4 rings (SSSR count). The average Bonchev–Trinajstić information content (AvgIpc) is 3.33. The zero-order valence-corrected chi connectivity index (χ0v) is 17.0. The number of ether oxygens (including phenoxy) is 2. The van der Waals surface area contributed by atoms with Gasteiger partial charge in [-0.15, -0.1) is 10.2 Å². The Morgan fingerprint density at radius 1 is 1.15 bits per heavy atom. The van der Waals surface area contributed by atoms with Gasteiger partial charge < -0.3 is 14.8 Å². The van der Waals surface area contributed by atoms with E-state index in [4.69, 9.17) is 9.47 Å². The highest BCUT2D eigenvalue weighted by Crippen LogP contribution is 2.35. The van der Waals surface area contributed by atoms with Crippen molar-refractivity contribution in [1.82, 2.24) is 30.2 Å². The first kappa shape index (κ1) is 21.8. The van der Waals surface area contributed by atoms with Gasteiger partial charge in [-0.3, -0.25) is 9.36 Å². The fourth-order valence-electron chi connectivity index (χ4n) is 2.89. The van der Waals surface area contributed by atoms with Crippen LogP contribution in [0.25, 0.3) is 5.69 Å². The molecule has 0 fully saturated rings. The van der Waals surface area contributed by atoms with Crippen LogP contribution in [-0.2, 0) is 12.8 Å². The number of anilines is 2. The Morgan fingerprint density at radius 3 is 2.61 bits per heavy atom. The van der Waals surface area contributed by atoms with Crippen LogP contribution in [0.1, 0.15) is 11.4 Å². The fraction of sp³-hybridized carbons (Fsp3) is 0.150. The fourth-order valence-corrected chi connectivity index (χ4v) is 2.89. The first-order valence-corrected chi connectivity index (χ1v) is 9.40. The highest BCUT2D eigenvalue weighted by molar-refractivity contribution is 5.65. The van der Waals surface area contributed by atoms with Crippen molar-refractivity contribution < 1.29 is 22.6 Å². The Kier molecular flexibility index (Phi) is 5.93. The molecule has 2 N–H and O–H groups in total. The predicted molar refractivity (Wildman–Crippen MR) is 110 cm³/mol. The molecule has 0 saturated heterocycles. The van der Waals surface area contributed by atoms with Crippen LogP contribution in [0.3, 0.4) is 0 Å². The number of alkyl halides is 3. The lowest BCUT2D eigenvalue weighted by atomic mass is 10.2. The second-order valence-electron chi connectivity index (χ2n) is 6.60. The van der Waals surface area contributed by atoms with Gasteiger partial charge in [-0.2, -0.15) is 18.4 Å². The molecule has 2 aromatic heterocycles. The van der Waals surface area contributed by atoms with Crippen molar-refractivity contribution in [1.29, 1.82) is 0 Å². The van der Waals surface area contributed by atoms with Gasteiger partial charge in [0.05, 0.1) is 18.4 Å². The van der Waals surface area contributed by atoms with E-state index in [1.54, 1.807) is 24.3 Å². The number of hydrogen-bond acceptors (Lipinski definition) is 8. The zero-order chi connectivity index (χ0) is 23.4. The van der Waals surface area contributed by atoms with Gasteiger partial charge in [0.25, 0.3) is 5.56 Å². The van der Waals surface area contributed by atoms with Gasteiger partial charge in [-0.25, -0.2) is 4.98 Å². The molecule has 4 aromatic rings. The third-order valence-electron chi connectivity index (χ3n) is 4.49. The third kappa shape index (κ3) is 4.92. The summed E-state index contributed by atoms with van der Waals surface area (Å²) in [5, 5.41) is 16.1. The van der Waals surface area contributed by atoms with E-state index >= 15 is 0 Å². The molecule has 0 aliphatic rings. The van der Waals surface area contributed by atoms with Crippen molar-refractivity contribution in [3.63, 3.8) is 0 Å². The quantitative estimate of drug-likeness (QED) is 0.433. The second kappa shape index (κ2) is 8.98. The molecule has 0 saturated carbocycles. The lowest BCUT2D eigenvalue weighted by Gasteiger charge is -2.14. The van der Waals surface area contributed by atoms with E-state index < -0.39 is 17.3 Å². The summed E-state index contributed by atoms with van der Waals surface area (Å²) < 4.78 is 50.8. The minimum atomic E-state index is -4.52. The Hall–Kier alpha value is -4.42. The highest BCUT2D eigenvalue weighted by Gasteiger charge is 2.31. The van der Waals surface area contributed by atoms with Crippen LogP contribution < -0.4 is 20.3 Å². The number of rotatable bonds is 7. The van der Waals surface area contributed by atoms with Crippen LogP contribution in [0.15, 0.2) is 59.7 Å². The molecule has 13 heteroatoms. The Bertz CT molecular complexity index is 1290. The molecule has 170 valence electrons. The first-order valence-electron chi connectivity index (χ1n) is 9.40. The molecule has 0 aliphatic heterocycles. The third-order valence-corrected chi connectivity index (χ3v) is 4.49. The lowest BCUT2D eigenvalue weighted by Crippen LogP contribution is -2.22. The van der Waals surface area contributed by atoms with Gasteiger partial charge in [0.15, 0.2) is 12.4 Å². The van der Waals surface area contributed by atoms with E-state index in [1.807, 2.05) is 0 Å². The first-order chi connectivity index (χ1) is 15.8. The Balaban J connectivity index is 1.55. The van der Waals surface area contributed by atoms with Gasteiger partial charge in [0.1, 0.15) is 11.5 Å². The lowest BCUT2D eigenvalue weighted by molar-refractivity contribution is -0.137. The van der Waals surface area contributed by atoms with E-state index in [9.17, 15) is 18.0 Å². The van der Waals surface area contributed by atoms with Gasteiger partial charge in [0.2, 0.25) is 5.82 Å². The number of hydrogen-bond donors (Lipinski definition) is 2. The molecule has 0 aliphatic carbocycles. The Morgan fingerprint density at radius 2 is 1.94 bits per heavy atom. The number of nitrogens with zero attached hydrogens (tertiary/aromatic N) is 5. The largest absolute Gasteiger partial charge is 0.495 e. The number of tetrazole rings is 1. The van der Waals surface area contributed by atoms with Crippen molar-refractivity contribution in [3.05, 3.63) is 76.6 Å². The molecule has 2 aromatic carbocycles. The van der Waals surface area contributed by atoms with E-state index in [1.165, 1.54) is 30.1 Å². The molecule has 0 amide bonds. The van der Waals surface area contributed by atoms with Gasteiger partial charge in [-0.05, 0) is 42.5 Å². The maximum atomic E-state index is 13.0. The van der Waals surface area contributed by atoms with Gasteiger partial charge >= 0.3 is 6.18 Å². The minimum absolute atomic E-state index is 0.0791. The number of nitrogens with one attached hydrogen (secondary N) is 2. The molecule has 10 nitrogen and oxygen atoms in total. The van der Waals surface area contributed by atoms with Crippen molar-refractivity contribution in [2.24, 2.45) is 0 Å². The summed E-state index contributed by atoms with van der Waals surface area (Å²) in [6.07, 6.45) is -1.67. The van der Waals surface area contributed by atoms with Crippen molar-refractivity contribution >= 4 is 11.5 Å². The SMILES string of the molecule is COc1cc(C(F)(F)F)ccc1Nc1nccn(-c2ccc(OCc3nn[nH]n3)cc2)c1=O. The summed E-state index contributed by atoms with van der Waals surface area (Å²) in [5.41, 5.74) is -0.695. The molecule has 0 unspecified atom stereocenters. The van der Waals surface area contributed by atoms with E-state index in [-0.39, 0.29) is 23.9 Å². The predicted octanol–water partition coefficient (Wildman–Crippen LogP) is 3.10. The Labute approximate surface area is 184 Å². The summed E-state index contributed by atoms with van der Waals surface area (Å²) >= 11 is 0. The summed E-state index contributed by atoms with van der Waals surface area (Å²) in [4.78, 5) is 16.9. The number of aromatic amines is 1. The topological polar surface area (TPSA) is 120 Å². The number of H-pyrrole nitrogens is 1. The standard InChI is InChI=1S/C20H16F3N7O3/c1-32-16-10-12(20(21,22)23)2-7-15(16)25-18-19(31)30(9-8-24-18)13-3-5-14(6-4-13)33-11-17-26-28-29-27-17/h2-10H,11H2,1H3,(H,24,25)(H,26,27,28,29). The van der Waals surface area contributed by atoms with Crippen LogP contribution in [0, 0.1) is 0 Å². The molecule has 2 heterocycles. The van der Waals surface area contributed by atoms with E-state index in [2.05, 4.69) is 30.9 Å². The smallest absolute Gasteiger partial charge is 0.416 e. The molecule has 0 spiro atoms. The minimum Gasteiger partial charge on any atom is -0.495 e. The summed E-state index contributed by atoms with van der Waals surface area (Å²) in [6, 6.07) is 9.56. The highest BCUT2D eigenvalue weighted by atomic mass is 19.4. The zero-order valence-electron chi connectivity index (χ0n) is 17.0. The monoisotopic (exact) mass is 459 g/mol. The summed E-state index contributed by atoms with van der Waals surface area (Å²) in [6.45, 7) is 0.119. The number of halogens is 3.